The van der Waals surface area contributed by atoms with Crippen LogP contribution in [-0.2, 0) is 17.8 Å². The smallest absolute Gasteiger partial charge is 0.226 e. The van der Waals surface area contributed by atoms with Gasteiger partial charge in [0.2, 0.25) is 11.8 Å². The van der Waals surface area contributed by atoms with Crippen molar-refractivity contribution in [1.82, 2.24) is 24.6 Å². The van der Waals surface area contributed by atoms with E-state index in [1.54, 1.807) is 0 Å². The molecule has 0 bridgehead atoms. The van der Waals surface area contributed by atoms with Crippen LogP contribution in [0.1, 0.15) is 56.2 Å². The maximum Gasteiger partial charge on any atom is 0.226 e. The summed E-state index contributed by atoms with van der Waals surface area (Å²) in [7, 11) is 0. The molecule has 3 heterocycles. The van der Waals surface area contributed by atoms with Crippen molar-refractivity contribution < 1.29 is 9.32 Å². The fraction of sp³-hybridized carbons (Fsp3) is 0.524. The summed E-state index contributed by atoms with van der Waals surface area (Å²) >= 11 is 0. The van der Waals surface area contributed by atoms with Crippen molar-refractivity contribution >= 4 is 16.9 Å². The first-order chi connectivity index (χ1) is 13.8. The zero-order valence-corrected chi connectivity index (χ0v) is 16.0. The average molecular weight is 379 g/mol. The van der Waals surface area contributed by atoms with Crippen LogP contribution in [0.4, 0.5) is 0 Å². The first-order valence-electron chi connectivity index (χ1n) is 10.3. The van der Waals surface area contributed by atoms with Crippen LogP contribution < -0.4 is 0 Å². The van der Waals surface area contributed by atoms with Gasteiger partial charge in [-0.15, -0.1) is 0 Å². The Hall–Kier alpha value is -2.70. The molecule has 1 aromatic carbocycles. The van der Waals surface area contributed by atoms with Crippen LogP contribution >= 0.6 is 0 Å². The number of carbonyl (C=O) groups excluding carboxylic acids is 1. The molecule has 146 valence electrons. The van der Waals surface area contributed by atoms with E-state index in [2.05, 4.69) is 30.7 Å². The predicted octanol–water partition coefficient (Wildman–Crippen LogP) is 3.31. The van der Waals surface area contributed by atoms with Gasteiger partial charge in [-0.1, -0.05) is 17.3 Å². The van der Waals surface area contributed by atoms with Gasteiger partial charge in [-0.25, -0.2) is 4.98 Å². The number of fused-ring (bicyclic) bond motifs is 1. The summed E-state index contributed by atoms with van der Waals surface area (Å²) in [5.41, 5.74) is 2.13. The van der Waals surface area contributed by atoms with E-state index >= 15 is 0 Å². The fourth-order valence-corrected chi connectivity index (χ4v) is 4.15. The molecule has 2 aliphatic rings. The summed E-state index contributed by atoms with van der Waals surface area (Å²) in [5.74, 6) is 2.24. The number of hydrogen-bond acceptors (Lipinski definition) is 5. The average Bonchev–Trinajstić information content (AvgIpc) is 3.12. The number of amides is 1. The van der Waals surface area contributed by atoms with Crippen LogP contribution in [-0.4, -0.2) is 43.1 Å². The van der Waals surface area contributed by atoms with Gasteiger partial charge in [0.15, 0.2) is 5.82 Å². The second-order valence-electron chi connectivity index (χ2n) is 7.94. The standard InChI is InChI=1S/C21H25N5O2/c27-20(9-3-8-19-23-21(24-28-19)15-10-11-15)26-12-4-5-16(26)13-25-14-22-17-6-1-2-7-18(17)25/h1-2,6-7,14-16H,3-5,8-13H2/t16-/m0/s1. The third-order valence-electron chi connectivity index (χ3n) is 5.84. The Kier molecular flexibility index (Phi) is 4.58. The summed E-state index contributed by atoms with van der Waals surface area (Å²) in [4.78, 5) is 23.8. The first-order valence-corrected chi connectivity index (χ1v) is 10.3. The van der Waals surface area contributed by atoms with E-state index in [9.17, 15) is 4.79 Å². The largest absolute Gasteiger partial charge is 0.339 e. The van der Waals surface area contributed by atoms with Crippen molar-refractivity contribution in [3.63, 3.8) is 0 Å². The van der Waals surface area contributed by atoms with E-state index in [1.807, 2.05) is 24.5 Å². The van der Waals surface area contributed by atoms with E-state index in [-0.39, 0.29) is 11.9 Å². The zero-order valence-electron chi connectivity index (χ0n) is 16.0. The van der Waals surface area contributed by atoms with Crippen LogP contribution in [0.15, 0.2) is 35.1 Å². The highest BCUT2D eigenvalue weighted by Gasteiger charge is 2.30. The number of carbonyl (C=O) groups is 1. The monoisotopic (exact) mass is 379 g/mol. The summed E-state index contributed by atoms with van der Waals surface area (Å²) in [6.45, 7) is 1.66. The molecule has 28 heavy (non-hydrogen) atoms. The van der Waals surface area contributed by atoms with Crippen LogP contribution in [0, 0.1) is 0 Å². The molecule has 2 aromatic heterocycles. The van der Waals surface area contributed by atoms with Crippen LogP contribution in [0.2, 0.25) is 0 Å². The molecule has 2 fully saturated rings. The van der Waals surface area contributed by atoms with Crippen molar-refractivity contribution in [2.75, 3.05) is 6.54 Å². The van der Waals surface area contributed by atoms with E-state index in [0.717, 1.165) is 49.2 Å². The summed E-state index contributed by atoms with van der Waals surface area (Å²) in [5, 5.41) is 4.04. The number of rotatable bonds is 7. The lowest BCUT2D eigenvalue weighted by atomic mass is 10.2. The second-order valence-corrected chi connectivity index (χ2v) is 7.94. The van der Waals surface area contributed by atoms with Gasteiger partial charge < -0.3 is 14.0 Å². The Morgan fingerprint density at radius 1 is 1.21 bits per heavy atom. The lowest BCUT2D eigenvalue weighted by molar-refractivity contribution is -0.132. The second kappa shape index (κ2) is 7.37. The third-order valence-corrected chi connectivity index (χ3v) is 5.84. The number of nitrogens with zero attached hydrogens (tertiary/aromatic N) is 5. The lowest BCUT2D eigenvalue weighted by Gasteiger charge is -2.25. The van der Waals surface area contributed by atoms with Crippen LogP contribution in [0.5, 0.6) is 0 Å². The Morgan fingerprint density at radius 3 is 3.00 bits per heavy atom. The summed E-state index contributed by atoms with van der Waals surface area (Å²) in [6, 6.07) is 8.39. The van der Waals surface area contributed by atoms with Crippen molar-refractivity contribution in [2.24, 2.45) is 0 Å². The predicted molar refractivity (Wildman–Crippen MR) is 104 cm³/mol. The highest BCUT2D eigenvalue weighted by atomic mass is 16.5. The van der Waals surface area contributed by atoms with Gasteiger partial charge in [-0.05, 0) is 44.2 Å². The third kappa shape index (κ3) is 3.53. The SMILES string of the molecule is O=C(CCCc1nc(C2CC2)no1)N1CCC[C@H]1Cn1cnc2ccccc21. The number of benzene rings is 1. The van der Waals surface area contributed by atoms with E-state index < -0.39 is 0 Å². The Morgan fingerprint density at radius 2 is 2.11 bits per heavy atom. The molecule has 1 aliphatic carbocycles. The fourth-order valence-electron chi connectivity index (χ4n) is 4.15. The molecule has 1 aliphatic heterocycles. The molecule has 0 radical (unpaired) electrons. The molecule has 1 saturated carbocycles. The van der Waals surface area contributed by atoms with Gasteiger partial charge in [-0.2, -0.15) is 4.98 Å². The molecule has 0 N–H and O–H groups in total. The Bertz CT molecular complexity index is 974. The number of para-hydroxylation sites is 2. The molecule has 7 nitrogen and oxygen atoms in total. The van der Waals surface area contributed by atoms with E-state index in [4.69, 9.17) is 4.52 Å². The summed E-state index contributed by atoms with van der Waals surface area (Å²) in [6.07, 6.45) is 8.30. The number of aryl methyl sites for hydroxylation is 1. The molecule has 1 atom stereocenters. The molecule has 7 heteroatoms. The van der Waals surface area contributed by atoms with Crippen molar-refractivity contribution in [2.45, 2.75) is 63.5 Å². The number of likely N-dealkylation sites (tertiary alicyclic amines) is 1. The maximum atomic E-state index is 12.8. The minimum atomic E-state index is 0.230. The minimum absolute atomic E-state index is 0.230. The van der Waals surface area contributed by atoms with Crippen LogP contribution in [0.3, 0.4) is 0 Å². The van der Waals surface area contributed by atoms with Crippen molar-refractivity contribution in [3.05, 3.63) is 42.3 Å². The highest BCUT2D eigenvalue weighted by molar-refractivity contribution is 5.77. The zero-order chi connectivity index (χ0) is 18.9. The van der Waals surface area contributed by atoms with Gasteiger partial charge in [0.25, 0.3) is 0 Å². The molecule has 5 rings (SSSR count). The topological polar surface area (TPSA) is 77.0 Å². The number of hydrogen-bond donors (Lipinski definition) is 0. The van der Waals surface area contributed by atoms with Gasteiger partial charge in [-0.3, -0.25) is 4.79 Å². The van der Waals surface area contributed by atoms with Crippen LogP contribution in [0.25, 0.3) is 11.0 Å². The molecular formula is C21H25N5O2. The Balaban J connectivity index is 1.17. The van der Waals surface area contributed by atoms with Gasteiger partial charge in [0.1, 0.15) is 0 Å². The molecule has 3 aromatic rings. The van der Waals surface area contributed by atoms with Gasteiger partial charge in [0, 0.05) is 37.9 Å². The summed E-state index contributed by atoms with van der Waals surface area (Å²) < 4.78 is 7.48. The lowest BCUT2D eigenvalue weighted by Crippen LogP contribution is -2.37. The first kappa shape index (κ1) is 17.4. The number of imidazole rings is 1. The Labute approximate surface area is 163 Å². The van der Waals surface area contributed by atoms with Crippen molar-refractivity contribution in [1.29, 1.82) is 0 Å². The number of aromatic nitrogens is 4. The minimum Gasteiger partial charge on any atom is -0.339 e. The molecule has 0 spiro atoms. The van der Waals surface area contributed by atoms with E-state index in [0.29, 0.717) is 24.7 Å². The molecule has 0 unspecified atom stereocenters. The van der Waals surface area contributed by atoms with Crippen molar-refractivity contribution in [3.8, 4) is 0 Å². The normalized spacial score (nSPS) is 19.6. The van der Waals surface area contributed by atoms with Gasteiger partial charge >= 0.3 is 0 Å². The molecule has 1 amide bonds. The maximum absolute atomic E-state index is 12.8. The molecule has 1 saturated heterocycles. The van der Waals surface area contributed by atoms with Gasteiger partial charge in [0.05, 0.1) is 17.4 Å². The highest BCUT2D eigenvalue weighted by Crippen LogP contribution is 2.38. The quantitative estimate of drug-likeness (QED) is 0.629. The molecular weight excluding hydrogens is 354 g/mol. The van der Waals surface area contributed by atoms with E-state index in [1.165, 1.54) is 12.8 Å².